The van der Waals surface area contributed by atoms with Gasteiger partial charge in [0, 0.05) is 12.5 Å². The first-order valence-electron chi connectivity index (χ1n) is 7.68. The molecule has 0 aliphatic heterocycles. The van der Waals surface area contributed by atoms with Crippen molar-refractivity contribution >= 4 is 0 Å². The molecule has 2 aromatic carbocycles. The van der Waals surface area contributed by atoms with E-state index in [9.17, 15) is 0 Å². The molecule has 112 valence electrons. The Morgan fingerprint density at radius 2 is 1.62 bits per heavy atom. The average molecular weight is 284 g/mol. The largest absolute Gasteiger partial charge is 0.489 e. The Hall–Kier alpha value is -1.80. The third-order valence-corrected chi connectivity index (χ3v) is 3.62. The Kier molecular flexibility index (Phi) is 6.29. The molecule has 0 aliphatic rings. The van der Waals surface area contributed by atoms with E-state index >= 15 is 0 Å². The molecule has 2 nitrogen and oxygen atoms in total. The van der Waals surface area contributed by atoms with Gasteiger partial charge in [0.05, 0.1) is 6.61 Å². The number of benzene rings is 2. The Morgan fingerprint density at radius 3 is 2.24 bits per heavy atom. The van der Waals surface area contributed by atoms with Crippen molar-refractivity contribution in [2.75, 3.05) is 13.2 Å². The molecule has 1 atom stereocenters. The Bertz CT molecular complexity index is 505. The van der Waals surface area contributed by atoms with Crippen LogP contribution in [-0.4, -0.2) is 13.2 Å². The van der Waals surface area contributed by atoms with Crippen LogP contribution in [0, 0.1) is 0 Å². The summed E-state index contributed by atoms with van der Waals surface area (Å²) in [5.41, 5.74) is 2.50. The fourth-order valence-corrected chi connectivity index (χ4v) is 2.29. The van der Waals surface area contributed by atoms with Crippen molar-refractivity contribution in [2.24, 2.45) is 0 Å². The second kappa shape index (κ2) is 8.48. The maximum absolute atomic E-state index is 5.81. The van der Waals surface area contributed by atoms with E-state index in [0.717, 1.165) is 25.4 Å². The lowest BCUT2D eigenvalue weighted by Gasteiger charge is -2.15. The zero-order valence-electron chi connectivity index (χ0n) is 12.9. The van der Waals surface area contributed by atoms with E-state index in [4.69, 9.17) is 9.47 Å². The van der Waals surface area contributed by atoms with Gasteiger partial charge in [-0.2, -0.15) is 0 Å². The van der Waals surface area contributed by atoms with E-state index in [1.165, 1.54) is 11.1 Å². The Morgan fingerprint density at radius 1 is 0.905 bits per heavy atom. The quantitative estimate of drug-likeness (QED) is 0.693. The second-order valence-corrected chi connectivity index (χ2v) is 5.11. The summed E-state index contributed by atoms with van der Waals surface area (Å²) in [4.78, 5) is 0. The highest BCUT2D eigenvalue weighted by atomic mass is 16.5. The molecule has 2 rings (SSSR count). The molecule has 0 N–H and O–H groups in total. The number of ether oxygens (including phenoxy) is 2. The minimum Gasteiger partial charge on any atom is -0.489 e. The van der Waals surface area contributed by atoms with Crippen molar-refractivity contribution in [3.63, 3.8) is 0 Å². The molecule has 0 saturated carbocycles. The SMILES string of the molecule is CCOCC(CC)c1ccc(OCc2ccccc2)cc1. The zero-order valence-corrected chi connectivity index (χ0v) is 12.9. The lowest BCUT2D eigenvalue weighted by atomic mass is 9.97. The summed E-state index contributed by atoms with van der Waals surface area (Å²) in [6.45, 7) is 6.40. The van der Waals surface area contributed by atoms with Crippen molar-refractivity contribution < 1.29 is 9.47 Å². The molecule has 0 radical (unpaired) electrons. The highest BCUT2D eigenvalue weighted by Crippen LogP contribution is 2.23. The summed E-state index contributed by atoms with van der Waals surface area (Å²) < 4.78 is 11.4. The summed E-state index contributed by atoms with van der Waals surface area (Å²) in [6, 6.07) is 18.6. The molecule has 21 heavy (non-hydrogen) atoms. The zero-order chi connectivity index (χ0) is 14.9. The average Bonchev–Trinajstić information content (AvgIpc) is 2.56. The van der Waals surface area contributed by atoms with Crippen LogP contribution in [0.15, 0.2) is 54.6 Å². The van der Waals surface area contributed by atoms with Gasteiger partial charge in [0.15, 0.2) is 0 Å². The number of rotatable bonds is 8. The Labute approximate surface area is 127 Å². The van der Waals surface area contributed by atoms with E-state index < -0.39 is 0 Å². The fourth-order valence-electron chi connectivity index (χ4n) is 2.29. The van der Waals surface area contributed by atoms with E-state index in [0.29, 0.717) is 12.5 Å². The van der Waals surface area contributed by atoms with Crippen LogP contribution >= 0.6 is 0 Å². The molecular weight excluding hydrogens is 260 g/mol. The van der Waals surface area contributed by atoms with Crippen LogP contribution in [0.2, 0.25) is 0 Å². The van der Waals surface area contributed by atoms with Gasteiger partial charge in [-0.1, -0.05) is 49.4 Å². The fraction of sp³-hybridized carbons (Fsp3) is 0.368. The third-order valence-electron chi connectivity index (χ3n) is 3.62. The monoisotopic (exact) mass is 284 g/mol. The van der Waals surface area contributed by atoms with Gasteiger partial charge in [0.2, 0.25) is 0 Å². The van der Waals surface area contributed by atoms with Gasteiger partial charge >= 0.3 is 0 Å². The molecule has 0 bridgehead atoms. The van der Waals surface area contributed by atoms with Gasteiger partial charge in [0.25, 0.3) is 0 Å². The van der Waals surface area contributed by atoms with Crippen molar-refractivity contribution in [3.05, 3.63) is 65.7 Å². The van der Waals surface area contributed by atoms with Gasteiger partial charge in [-0.05, 0) is 36.6 Å². The molecule has 0 aliphatic carbocycles. The van der Waals surface area contributed by atoms with Crippen molar-refractivity contribution in [1.29, 1.82) is 0 Å². The predicted octanol–water partition coefficient (Wildman–Crippen LogP) is 4.80. The van der Waals surface area contributed by atoms with Gasteiger partial charge in [0.1, 0.15) is 12.4 Å². The van der Waals surface area contributed by atoms with Crippen LogP contribution < -0.4 is 4.74 Å². The lowest BCUT2D eigenvalue weighted by Crippen LogP contribution is -2.07. The minimum atomic E-state index is 0.466. The maximum Gasteiger partial charge on any atom is 0.119 e. The van der Waals surface area contributed by atoms with Crippen molar-refractivity contribution in [2.45, 2.75) is 32.8 Å². The second-order valence-electron chi connectivity index (χ2n) is 5.11. The lowest BCUT2D eigenvalue weighted by molar-refractivity contribution is 0.131. The summed E-state index contributed by atoms with van der Waals surface area (Å²) in [5.74, 6) is 1.38. The molecule has 2 aromatic rings. The molecule has 0 amide bonds. The van der Waals surface area contributed by atoms with Crippen LogP contribution in [0.1, 0.15) is 37.3 Å². The van der Waals surface area contributed by atoms with E-state index in [1.54, 1.807) is 0 Å². The normalized spacial score (nSPS) is 12.1. The van der Waals surface area contributed by atoms with Gasteiger partial charge < -0.3 is 9.47 Å². The molecule has 0 heterocycles. The summed E-state index contributed by atoms with van der Waals surface area (Å²) in [6.07, 6.45) is 1.09. The first-order chi connectivity index (χ1) is 10.3. The smallest absolute Gasteiger partial charge is 0.119 e. The molecule has 2 heteroatoms. The summed E-state index contributed by atoms with van der Waals surface area (Å²) in [7, 11) is 0. The van der Waals surface area contributed by atoms with Crippen LogP contribution in [-0.2, 0) is 11.3 Å². The maximum atomic E-state index is 5.81. The molecule has 0 saturated heterocycles. The van der Waals surface area contributed by atoms with E-state index in [1.807, 2.05) is 37.3 Å². The molecular formula is C19H24O2. The first kappa shape index (κ1) is 15.6. The third kappa shape index (κ3) is 4.91. The highest BCUT2D eigenvalue weighted by Gasteiger charge is 2.09. The highest BCUT2D eigenvalue weighted by molar-refractivity contribution is 5.30. The van der Waals surface area contributed by atoms with E-state index in [2.05, 4.69) is 31.2 Å². The standard InChI is InChI=1S/C19H24O2/c1-3-17(15-20-4-2)18-10-12-19(13-11-18)21-14-16-8-6-5-7-9-16/h5-13,17H,3-4,14-15H2,1-2H3. The topological polar surface area (TPSA) is 18.5 Å². The molecule has 0 spiro atoms. The van der Waals surface area contributed by atoms with Crippen molar-refractivity contribution in [1.82, 2.24) is 0 Å². The number of hydrogen-bond donors (Lipinski definition) is 0. The van der Waals surface area contributed by atoms with Crippen LogP contribution in [0.5, 0.6) is 5.75 Å². The predicted molar refractivity (Wildman–Crippen MR) is 86.7 cm³/mol. The van der Waals surface area contributed by atoms with Crippen LogP contribution in [0.3, 0.4) is 0 Å². The van der Waals surface area contributed by atoms with Gasteiger partial charge in [-0.15, -0.1) is 0 Å². The van der Waals surface area contributed by atoms with Crippen molar-refractivity contribution in [3.8, 4) is 5.75 Å². The Balaban J connectivity index is 1.92. The summed E-state index contributed by atoms with van der Waals surface area (Å²) in [5, 5.41) is 0. The molecule has 0 aromatic heterocycles. The first-order valence-corrected chi connectivity index (χ1v) is 7.68. The van der Waals surface area contributed by atoms with Gasteiger partial charge in [-0.25, -0.2) is 0 Å². The minimum absolute atomic E-state index is 0.466. The van der Waals surface area contributed by atoms with E-state index in [-0.39, 0.29) is 0 Å². The summed E-state index contributed by atoms with van der Waals surface area (Å²) >= 11 is 0. The molecule has 1 unspecified atom stereocenters. The number of hydrogen-bond acceptors (Lipinski definition) is 2. The van der Waals surface area contributed by atoms with Gasteiger partial charge in [-0.3, -0.25) is 0 Å². The van der Waals surface area contributed by atoms with Crippen LogP contribution in [0.4, 0.5) is 0 Å². The van der Waals surface area contributed by atoms with Crippen LogP contribution in [0.25, 0.3) is 0 Å². The molecule has 0 fully saturated rings.